The first kappa shape index (κ1) is 26.5. The van der Waals surface area contributed by atoms with Crippen molar-refractivity contribution >= 4 is 38.7 Å². The number of nitrogens with one attached hydrogen (secondary N) is 2. The molecule has 2 heterocycles. The fourth-order valence-electron chi connectivity index (χ4n) is 4.18. The topological polar surface area (TPSA) is 97.0 Å². The van der Waals surface area contributed by atoms with Gasteiger partial charge in [-0.1, -0.05) is 34.1 Å². The summed E-state index contributed by atoms with van der Waals surface area (Å²) >= 11 is 3.63. The Labute approximate surface area is 225 Å². The van der Waals surface area contributed by atoms with Gasteiger partial charge in [0.25, 0.3) is 0 Å². The van der Waals surface area contributed by atoms with Gasteiger partial charge >= 0.3 is 5.97 Å². The largest absolute Gasteiger partial charge is 0.460 e. The number of carbonyl (C=O) groups excluding carboxylic acids is 2. The van der Waals surface area contributed by atoms with Gasteiger partial charge in [-0.05, 0) is 80.6 Å². The van der Waals surface area contributed by atoms with Crippen molar-refractivity contribution in [3.8, 4) is 0 Å². The lowest BCUT2D eigenvalue weighted by Gasteiger charge is -2.20. The van der Waals surface area contributed by atoms with Gasteiger partial charge in [0.1, 0.15) is 11.6 Å². The number of hydrogen-bond donors (Lipinski definition) is 2. The van der Waals surface area contributed by atoms with Gasteiger partial charge in [-0.3, -0.25) is 9.59 Å². The number of ether oxygens (including phenoxy) is 1. The molecule has 0 radical (unpaired) electrons. The molecule has 1 unspecified atom stereocenters. The summed E-state index contributed by atoms with van der Waals surface area (Å²) in [7, 11) is 0. The highest BCUT2D eigenvalue weighted by molar-refractivity contribution is 9.10. The number of carbonyl (C=O) groups is 2. The average Bonchev–Trinajstić information content (AvgIpc) is 3.23. The summed E-state index contributed by atoms with van der Waals surface area (Å²) in [4.78, 5) is 37.4. The van der Waals surface area contributed by atoms with E-state index in [1.165, 1.54) is 0 Å². The van der Waals surface area contributed by atoms with E-state index in [4.69, 9.17) is 4.74 Å². The quantitative estimate of drug-likeness (QED) is 0.266. The van der Waals surface area contributed by atoms with Crippen LogP contribution in [0.2, 0.25) is 0 Å². The molecule has 0 aliphatic carbocycles. The van der Waals surface area contributed by atoms with Crippen LogP contribution in [-0.2, 0) is 27.2 Å². The molecule has 192 valence electrons. The van der Waals surface area contributed by atoms with E-state index >= 15 is 0 Å². The first-order chi connectivity index (χ1) is 17.6. The van der Waals surface area contributed by atoms with E-state index in [0.717, 1.165) is 37.6 Å². The summed E-state index contributed by atoms with van der Waals surface area (Å²) in [5.41, 5.74) is 4.34. The van der Waals surface area contributed by atoms with E-state index in [1.54, 1.807) is 18.5 Å². The van der Waals surface area contributed by atoms with Gasteiger partial charge in [0.05, 0.1) is 6.42 Å². The molecule has 4 rings (SSSR count). The molecule has 1 atom stereocenters. The number of H-pyrrole nitrogens is 1. The molecule has 2 aromatic carbocycles. The van der Waals surface area contributed by atoms with Gasteiger partial charge in [-0.25, -0.2) is 9.97 Å². The lowest BCUT2D eigenvalue weighted by atomic mass is 10.0. The molecule has 4 aromatic rings. The maximum atomic E-state index is 13.2. The predicted octanol–water partition coefficient (Wildman–Crippen LogP) is 5.75. The van der Waals surface area contributed by atoms with Crippen LogP contribution in [-0.4, -0.2) is 32.4 Å². The molecule has 37 heavy (non-hydrogen) atoms. The number of amides is 1. The number of halogens is 1. The highest BCUT2D eigenvalue weighted by Gasteiger charge is 2.22. The fraction of sp³-hybridized carbons (Fsp3) is 0.310. The third kappa shape index (κ3) is 7.04. The minimum Gasteiger partial charge on any atom is -0.460 e. The molecule has 1 amide bonds. The van der Waals surface area contributed by atoms with Crippen molar-refractivity contribution in [3.63, 3.8) is 0 Å². The first-order valence-electron chi connectivity index (χ1n) is 12.2. The Balaban J connectivity index is 1.50. The van der Waals surface area contributed by atoms with Gasteiger partial charge in [0, 0.05) is 40.4 Å². The van der Waals surface area contributed by atoms with Crippen LogP contribution in [0.5, 0.6) is 0 Å². The second-order valence-corrected chi connectivity index (χ2v) is 10.9. The minimum atomic E-state index is -0.505. The van der Waals surface area contributed by atoms with Crippen LogP contribution in [0, 0.1) is 6.92 Å². The van der Waals surface area contributed by atoms with Crippen LogP contribution in [0.1, 0.15) is 61.3 Å². The average molecular weight is 563 g/mol. The monoisotopic (exact) mass is 562 g/mol. The molecule has 0 saturated heterocycles. The smallest absolute Gasteiger partial charge is 0.306 e. The van der Waals surface area contributed by atoms with Crippen LogP contribution in [0.15, 0.2) is 65.5 Å². The molecule has 0 saturated carbocycles. The van der Waals surface area contributed by atoms with Crippen LogP contribution >= 0.6 is 15.9 Å². The highest BCUT2D eigenvalue weighted by atomic mass is 79.9. The maximum absolute atomic E-state index is 13.2. The molecule has 0 fully saturated rings. The van der Waals surface area contributed by atoms with E-state index in [0.29, 0.717) is 18.7 Å². The van der Waals surface area contributed by atoms with E-state index in [1.807, 2.05) is 70.3 Å². The molecule has 2 N–H and O–H groups in total. The number of nitrogens with zero attached hydrogens (tertiary/aromatic N) is 2. The molecule has 0 aliphatic rings. The Hall–Kier alpha value is -3.52. The first-order valence-corrected chi connectivity index (χ1v) is 13.0. The number of esters is 1. The fourth-order valence-corrected chi connectivity index (χ4v) is 4.90. The number of fused-ring (bicyclic) bond motifs is 1. The van der Waals surface area contributed by atoms with Crippen molar-refractivity contribution in [1.82, 2.24) is 20.3 Å². The number of rotatable bonds is 8. The number of aromatic amines is 1. The van der Waals surface area contributed by atoms with E-state index in [-0.39, 0.29) is 18.3 Å². The summed E-state index contributed by atoms with van der Waals surface area (Å²) in [6.45, 7) is 7.60. The third-order valence-electron chi connectivity index (χ3n) is 5.83. The highest BCUT2D eigenvalue weighted by Crippen LogP contribution is 2.28. The molecule has 0 aliphatic heterocycles. The summed E-state index contributed by atoms with van der Waals surface area (Å²) in [6.07, 6.45) is 6.29. The molecule has 0 spiro atoms. The van der Waals surface area contributed by atoms with Crippen molar-refractivity contribution in [3.05, 3.63) is 93.6 Å². The summed E-state index contributed by atoms with van der Waals surface area (Å²) in [5, 5.41) is 4.11. The van der Waals surface area contributed by atoms with Gasteiger partial charge < -0.3 is 15.0 Å². The summed E-state index contributed by atoms with van der Waals surface area (Å²) in [6, 6.07) is 13.1. The van der Waals surface area contributed by atoms with Gasteiger partial charge in [-0.15, -0.1) is 0 Å². The Morgan fingerprint density at radius 2 is 1.86 bits per heavy atom. The second kappa shape index (κ2) is 11.3. The Morgan fingerprint density at radius 3 is 2.57 bits per heavy atom. The SMILES string of the molecule is Cc1ccc(C(NC(=O)Cc2ccc3[nH]cc(CCC(=O)OC(C)(C)C)c3c2)c2ncccn2)c(Br)c1. The molecule has 0 bridgehead atoms. The second-order valence-electron chi connectivity index (χ2n) is 10.1. The number of aryl methyl sites for hydroxylation is 2. The lowest BCUT2D eigenvalue weighted by molar-refractivity contribution is -0.154. The van der Waals surface area contributed by atoms with Crippen molar-refractivity contribution in [2.24, 2.45) is 0 Å². The maximum Gasteiger partial charge on any atom is 0.306 e. The molecular formula is C29H31BrN4O3. The van der Waals surface area contributed by atoms with Crippen molar-refractivity contribution in [1.29, 1.82) is 0 Å². The Bertz CT molecular complexity index is 1410. The minimum absolute atomic E-state index is 0.143. The molecule has 8 heteroatoms. The number of hydrogen-bond acceptors (Lipinski definition) is 5. The van der Waals surface area contributed by atoms with Gasteiger partial charge in [-0.2, -0.15) is 0 Å². The molecular weight excluding hydrogens is 532 g/mol. The zero-order chi connectivity index (χ0) is 26.6. The van der Waals surface area contributed by atoms with Crippen LogP contribution in [0.3, 0.4) is 0 Å². The lowest BCUT2D eigenvalue weighted by Crippen LogP contribution is -2.32. The normalized spacial score (nSPS) is 12.4. The van der Waals surface area contributed by atoms with Crippen molar-refractivity contribution in [2.75, 3.05) is 0 Å². The van der Waals surface area contributed by atoms with Crippen molar-refractivity contribution in [2.45, 2.75) is 58.6 Å². The Morgan fingerprint density at radius 1 is 1.11 bits per heavy atom. The van der Waals surface area contributed by atoms with E-state index < -0.39 is 11.6 Å². The van der Waals surface area contributed by atoms with Crippen LogP contribution in [0.4, 0.5) is 0 Å². The summed E-state index contributed by atoms with van der Waals surface area (Å²) in [5.74, 6) is 0.148. The molecule has 7 nitrogen and oxygen atoms in total. The van der Waals surface area contributed by atoms with Crippen molar-refractivity contribution < 1.29 is 14.3 Å². The van der Waals surface area contributed by atoms with Gasteiger partial charge in [0.2, 0.25) is 5.91 Å². The Kier molecular flexibility index (Phi) is 8.07. The van der Waals surface area contributed by atoms with E-state index in [9.17, 15) is 9.59 Å². The van der Waals surface area contributed by atoms with Crippen LogP contribution in [0.25, 0.3) is 10.9 Å². The third-order valence-corrected chi connectivity index (χ3v) is 6.52. The molecule has 2 aromatic heterocycles. The zero-order valence-corrected chi connectivity index (χ0v) is 23.1. The van der Waals surface area contributed by atoms with Gasteiger partial charge in [0.15, 0.2) is 5.82 Å². The predicted molar refractivity (Wildman–Crippen MR) is 147 cm³/mol. The number of aromatic nitrogens is 3. The van der Waals surface area contributed by atoms with E-state index in [2.05, 4.69) is 36.2 Å². The van der Waals surface area contributed by atoms with Crippen LogP contribution < -0.4 is 5.32 Å². The number of benzene rings is 2. The summed E-state index contributed by atoms with van der Waals surface area (Å²) < 4.78 is 6.32. The zero-order valence-electron chi connectivity index (χ0n) is 21.5. The standard InChI is InChI=1S/C29H31BrN4O3/c1-18-6-9-21(23(30)14-18)27(28-31-12-5-13-32-28)34-25(35)16-19-7-10-24-22(15-19)20(17-33-24)8-11-26(36)37-29(2,3)4/h5-7,9-10,12-15,17,27,33H,8,11,16H2,1-4H3,(H,34,35).